The summed E-state index contributed by atoms with van der Waals surface area (Å²) in [5, 5.41) is 4.57. The quantitative estimate of drug-likeness (QED) is 0.916. The van der Waals surface area contributed by atoms with Crippen molar-refractivity contribution in [2.75, 3.05) is 13.1 Å². The Hall–Kier alpha value is -2.08. The monoisotopic (exact) mass is 334 g/mol. The highest BCUT2D eigenvalue weighted by Gasteiger charge is 2.27. The van der Waals surface area contributed by atoms with Crippen LogP contribution in [0.5, 0.6) is 0 Å². The lowest BCUT2D eigenvalue weighted by molar-refractivity contribution is 0.0671. The number of piperidine rings is 1. The Balaban J connectivity index is 1.80. The Labute approximate surface area is 139 Å². The maximum absolute atomic E-state index is 12.6. The highest BCUT2D eigenvalue weighted by Crippen LogP contribution is 2.24. The predicted molar refractivity (Wildman–Crippen MR) is 87.9 cm³/mol. The number of hydrogen-bond acceptors (Lipinski definition) is 3. The molecule has 0 spiro atoms. The average molecular weight is 335 g/mol. The van der Waals surface area contributed by atoms with Crippen LogP contribution < -0.4 is 5.56 Å². The maximum Gasteiger partial charge on any atom is 0.266 e. The number of H-pyrrole nitrogens is 1. The molecule has 23 heavy (non-hydrogen) atoms. The molecule has 0 radical (unpaired) electrons. The van der Waals surface area contributed by atoms with Crippen molar-refractivity contribution in [3.63, 3.8) is 0 Å². The first-order valence-electron chi connectivity index (χ1n) is 7.66. The highest BCUT2D eigenvalue weighted by molar-refractivity contribution is 6.30. The van der Waals surface area contributed by atoms with Gasteiger partial charge in [0.1, 0.15) is 5.02 Å². The second-order valence-corrected chi connectivity index (χ2v) is 6.39. The van der Waals surface area contributed by atoms with Crippen LogP contribution >= 0.6 is 11.6 Å². The van der Waals surface area contributed by atoms with Crippen molar-refractivity contribution < 1.29 is 4.79 Å². The lowest BCUT2D eigenvalue weighted by Gasteiger charge is -2.33. The fourth-order valence-electron chi connectivity index (χ4n) is 3.12. The van der Waals surface area contributed by atoms with Gasteiger partial charge in [-0.2, -0.15) is 5.10 Å². The fraction of sp³-hybridized carbons (Fsp3) is 0.438. The zero-order valence-corrected chi connectivity index (χ0v) is 13.9. The van der Waals surface area contributed by atoms with E-state index in [4.69, 9.17) is 11.6 Å². The second kappa shape index (κ2) is 6.20. The maximum atomic E-state index is 12.6. The molecule has 0 aromatic carbocycles. The molecular formula is C16H19ClN4O2. The molecule has 6 nitrogen and oxygen atoms in total. The van der Waals surface area contributed by atoms with E-state index in [2.05, 4.69) is 10.1 Å². The minimum absolute atomic E-state index is 0.0305. The molecule has 1 aliphatic heterocycles. The van der Waals surface area contributed by atoms with Crippen LogP contribution in [-0.4, -0.2) is 38.7 Å². The highest BCUT2D eigenvalue weighted by atomic mass is 35.5. The van der Waals surface area contributed by atoms with Gasteiger partial charge in [0.05, 0.1) is 17.3 Å². The third kappa shape index (κ3) is 3.17. The number of hydrogen-bond donors (Lipinski definition) is 1. The summed E-state index contributed by atoms with van der Waals surface area (Å²) < 4.78 is 2.01. The molecule has 1 N–H and O–H groups in total. The van der Waals surface area contributed by atoms with Crippen LogP contribution in [0.3, 0.4) is 0 Å². The molecule has 1 saturated heterocycles. The van der Waals surface area contributed by atoms with Crippen LogP contribution in [0.15, 0.2) is 23.1 Å². The molecule has 0 saturated carbocycles. The van der Waals surface area contributed by atoms with Gasteiger partial charge in [-0.25, -0.2) is 0 Å². The number of likely N-dealkylation sites (tertiary alicyclic amines) is 1. The number of carbonyl (C=O) groups is 1. The van der Waals surface area contributed by atoms with Crippen LogP contribution in [0.2, 0.25) is 5.02 Å². The molecule has 1 amide bonds. The van der Waals surface area contributed by atoms with Gasteiger partial charge in [0.25, 0.3) is 11.5 Å². The number of aryl methyl sites for hydroxylation is 2. The van der Waals surface area contributed by atoms with E-state index < -0.39 is 0 Å². The Kier molecular flexibility index (Phi) is 4.26. The van der Waals surface area contributed by atoms with Crippen molar-refractivity contribution in [3.8, 4) is 0 Å². The molecule has 0 bridgehead atoms. The summed E-state index contributed by atoms with van der Waals surface area (Å²) in [6, 6.07) is 3.65. The number of nitrogens with one attached hydrogen (secondary N) is 1. The fourth-order valence-corrected chi connectivity index (χ4v) is 3.29. The number of nitrogens with zero attached hydrogens (tertiary/aromatic N) is 3. The van der Waals surface area contributed by atoms with E-state index in [0.29, 0.717) is 18.7 Å². The van der Waals surface area contributed by atoms with Crippen LogP contribution in [0.4, 0.5) is 0 Å². The number of halogens is 1. The molecule has 7 heteroatoms. The van der Waals surface area contributed by atoms with Crippen molar-refractivity contribution in [3.05, 3.63) is 50.7 Å². The Morgan fingerprint density at radius 2 is 2.17 bits per heavy atom. The van der Waals surface area contributed by atoms with Crippen molar-refractivity contribution in [1.82, 2.24) is 19.7 Å². The third-order valence-corrected chi connectivity index (χ3v) is 4.46. The van der Waals surface area contributed by atoms with E-state index in [9.17, 15) is 9.59 Å². The minimum Gasteiger partial charge on any atom is -0.336 e. The minimum atomic E-state index is -0.387. The van der Waals surface area contributed by atoms with Crippen LogP contribution in [0.1, 0.15) is 40.6 Å². The van der Waals surface area contributed by atoms with E-state index in [0.717, 1.165) is 24.2 Å². The normalized spacial score (nSPS) is 18.2. The molecule has 0 aliphatic carbocycles. The molecular weight excluding hydrogens is 316 g/mol. The predicted octanol–water partition coefficient (Wildman–Crippen LogP) is 2.32. The molecule has 1 unspecified atom stereocenters. The molecule has 3 rings (SSSR count). The molecule has 1 fully saturated rings. The van der Waals surface area contributed by atoms with Gasteiger partial charge in [0, 0.05) is 25.0 Å². The number of carbonyl (C=O) groups excluding carboxylic acids is 1. The van der Waals surface area contributed by atoms with Gasteiger partial charge < -0.3 is 9.88 Å². The number of pyridine rings is 1. The summed E-state index contributed by atoms with van der Waals surface area (Å²) in [6.07, 6.45) is 3.34. The lowest BCUT2D eigenvalue weighted by atomic mass is 10.0. The number of aromatic nitrogens is 3. The van der Waals surface area contributed by atoms with Gasteiger partial charge in [0.15, 0.2) is 0 Å². The molecule has 1 atom stereocenters. The summed E-state index contributed by atoms with van der Waals surface area (Å²) in [5.41, 5.74) is 2.11. The van der Waals surface area contributed by atoms with Crippen molar-refractivity contribution in [2.45, 2.75) is 32.7 Å². The summed E-state index contributed by atoms with van der Waals surface area (Å²) in [6.45, 7) is 5.31. The molecule has 2 aromatic heterocycles. The summed E-state index contributed by atoms with van der Waals surface area (Å²) in [5.74, 6) is -0.116. The molecule has 122 valence electrons. The van der Waals surface area contributed by atoms with E-state index >= 15 is 0 Å². The lowest BCUT2D eigenvalue weighted by Crippen LogP contribution is -2.41. The standard InChI is InChI=1S/C16H19ClN4O2/c1-10-6-11(2)21(19-10)13-4-3-5-20(9-13)16(23)12-7-14(17)15(22)18-8-12/h6-8,13H,3-5,9H2,1-2H3,(H,18,22). The number of amides is 1. The van der Waals surface area contributed by atoms with Gasteiger partial charge in [-0.1, -0.05) is 11.6 Å². The zero-order valence-electron chi connectivity index (χ0n) is 13.2. The molecule has 2 aromatic rings. The van der Waals surface area contributed by atoms with Gasteiger partial charge in [0.2, 0.25) is 0 Å². The molecule has 3 heterocycles. The summed E-state index contributed by atoms with van der Waals surface area (Å²) in [7, 11) is 0. The third-order valence-electron chi connectivity index (χ3n) is 4.18. The topological polar surface area (TPSA) is 71.0 Å². The van der Waals surface area contributed by atoms with Gasteiger partial charge in [-0.15, -0.1) is 0 Å². The van der Waals surface area contributed by atoms with Crippen molar-refractivity contribution in [2.24, 2.45) is 0 Å². The van der Waals surface area contributed by atoms with Crippen molar-refractivity contribution in [1.29, 1.82) is 0 Å². The van der Waals surface area contributed by atoms with Gasteiger partial charge in [-0.3, -0.25) is 14.3 Å². The number of aromatic amines is 1. The smallest absolute Gasteiger partial charge is 0.266 e. The van der Waals surface area contributed by atoms with Crippen LogP contribution in [0.25, 0.3) is 0 Å². The first kappa shape index (κ1) is 15.8. The van der Waals surface area contributed by atoms with E-state index in [-0.39, 0.29) is 22.5 Å². The van der Waals surface area contributed by atoms with Crippen molar-refractivity contribution >= 4 is 17.5 Å². The van der Waals surface area contributed by atoms with Crippen LogP contribution in [0, 0.1) is 13.8 Å². The van der Waals surface area contributed by atoms with E-state index in [1.54, 1.807) is 4.90 Å². The molecule has 1 aliphatic rings. The Morgan fingerprint density at radius 1 is 1.39 bits per heavy atom. The zero-order chi connectivity index (χ0) is 16.6. The van der Waals surface area contributed by atoms with E-state index in [1.807, 2.05) is 24.6 Å². The first-order valence-corrected chi connectivity index (χ1v) is 8.04. The van der Waals surface area contributed by atoms with Gasteiger partial charge in [-0.05, 0) is 38.8 Å². The SMILES string of the molecule is Cc1cc(C)n(C2CCCN(C(=O)c3c[nH]c(=O)c(Cl)c3)C2)n1. The van der Waals surface area contributed by atoms with Crippen LogP contribution in [-0.2, 0) is 0 Å². The van der Waals surface area contributed by atoms with E-state index in [1.165, 1.54) is 12.3 Å². The summed E-state index contributed by atoms with van der Waals surface area (Å²) >= 11 is 5.82. The van der Waals surface area contributed by atoms with Gasteiger partial charge >= 0.3 is 0 Å². The largest absolute Gasteiger partial charge is 0.336 e. The Morgan fingerprint density at radius 3 is 2.83 bits per heavy atom. The average Bonchev–Trinajstić information content (AvgIpc) is 2.88. The first-order chi connectivity index (χ1) is 11.0. The summed E-state index contributed by atoms with van der Waals surface area (Å²) in [4.78, 5) is 28.3. The number of rotatable bonds is 2. The second-order valence-electron chi connectivity index (χ2n) is 5.98. The Bertz CT molecular complexity index is 796.